The number of hydrogen-bond acceptors (Lipinski definition) is 8. The molecule has 8 nitrogen and oxygen atoms in total. The smallest absolute Gasteiger partial charge is 0.350 e. The van der Waals surface area contributed by atoms with Crippen molar-refractivity contribution in [3.05, 3.63) is 59.7 Å². The molecule has 32 heavy (non-hydrogen) atoms. The summed E-state index contributed by atoms with van der Waals surface area (Å²) in [5.74, 6) is -0.960. The zero-order valence-electron chi connectivity index (χ0n) is 19.0. The lowest BCUT2D eigenvalue weighted by molar-refractivity contribution is -0.137. The van der Waals surface area contributed by atoms with E-state index in [0.29, 0.717) is 17.1 Å². The van der Waals surface area contributed by atoms with Crippen molar-refractivity contribution in [3.8, 4) is 11.5 Å². The number of benzene rings is 2. The Labute approximate surface area is 188 Å². The van der Waals surface area contributed by atoms with Crippen molar-refractivity contribution in [3.63, 3.8) is 0 Å². The average molecular weight is 463 g/mol. The zero-order valence-corrected chi connectivity index (χ0v) is 19.9. The van der Waals surface area contributed by atoms with Crippen LogP contribution in [0.3, 0.4) is 0 Å². The monoisotopic (exact) mass is 463 g/mol. The maximum atomic E-state index is 13.9. The van der Waals surface area contributed by atoms with E-state index in [0.717, 1.165) is 5.56 Å². The van der Waals surface area contributed by atoms with Crippen molar-refractivity contribution in [2.24, 2.45) is 5.92 Å². The van der Waals surface area contributed by atoms with Crippen LogP contribution < -0.4 is 9.47 Å². The molecule has 1 aliphatic heterocycles. The van der Waals surface area contributed by atoms with Gasteiger partial charge < -0.3 is 18.5 Å². The molecule has 1 aliphatic rings. The first kappa shape index (κ1) is 24.4. The fourth-order valence-electron chi connectivity index (χ4n) is 4.00. The molecule has 0 bridgehead atoms. The van der Waals surface area contributed by atoms with Gasteiger partial charge >= 0.3 is 7.60 Å². The molecule has 3 rings (SSSR count). The Hall–Kier alpha value is -2.22. The summed E-state index contributed by atoms with van der Waals surface area (Å²) >= 11 is 0. The number of ketones is 1. The molecule has 0 aromatic heterocycles. The molecule has 1 heterocycles. The summed E-state index contributed by atoms with van der Waals surface area (Å²) in [6.45, 7) is 3.81. The van der Waals surface area contributed by atoms with Crippen LogP contribution in [0.2, 0.25) is 0 Å². The molecule has 0 unspecified atom stereocenters. The van der Waals surface area contributed by atoms with Crippen molar-refractivity contribution in [1.82, 2.24) is 5.06 Å². The highest BCUT2D eigenvalue weighted by molar-refractivity contribution is 7.54. The Morgan fingerprint density at radius 1 is 1.00 bits per heavy atom. The van der Waals surface area contributed by atoms with Gasteiger partial charge in [-0.25, -0.2) is 0 Å². The van der Waals surface area contributed by atoms with Crippen molar-refractivity contribution in [2.75, 3.05) is 34.5 Å². The Bertz CT molecular complexity index is 955. The molecule has 0 N–H and O–H groups in total. The molecule has 1 saturated heterocycles. The fourth-order valence-corrected chi connectivity index (χ4v) is 6.24. The third kappa shape index (κ3) is 4.75. The molecule has 1 fully saturated rings. The Morgan fingerprint density at radius 3 is 2.19 bits per heavy atom. The minimum Gasteiger partial charge on any atom is -0.497 e. The predicted molar refractivity (Wildman–Crippen MR) is 120 cm³/mol. The van der Waals surface area contributed by atoms with E-state index in [9.17, 15) is 9.36 Å². The number of methoxy groups -OCH3 is 2. The van der Waals surface area contributed by atoms with Crippen LogP contribution in [0, 0.1) is 5.92 Å². The number of para-hydroxylation sites is 1. The van der Waals surface area contributed by atoms with E-state index in [4.69, 9.17) is 23.4 Å². The first-order valence-corrected chi connectivity index (χ1v) is 12.1. The Balaban J connectivity index is 2.13. The topological polar surface area (TPSA) is 83.5 Å². The van der Waals surface area contributed by atoms with Crippen molar-refractivity contribution in [2.45, 2.75) is 25.7 Å². The summed E-state index contributed by atoms with van der Waals surface area (Å²) in [6.07, 6.45) is -0.706. The van der Waals surface area contributed by atoms with Gasteiger partial charge in [0.25, 0.3) is 0 Å². The third-order valence-corrected chi connectivity index (χ3v) is 7.89. The van der Waals surface area contributed by atoms with Crippen LogP contribution in [-0.4, -0.2) is 51.1 Å². The summed E-state index contributed by atoms with van der Waals surface area (Å²) in [7, 11) is 0.994. The van der Waals surface area contributed by atoms with Gasteiger partial charge in [0.2, 0.25) is 0 Å². The van der Waals surface area contributed by atoms with Gasteiger partial charge in [0, 0.05) is 7.05 Å². The molecular weight excluding hydrogens is 433 g/mol. The number of ether oxygens (including phenoxy) is 2. The van der Waals surface area contributed by atoms with Crippen LogP contribution in [-0.2, 0) is 18.5 Å². The largest absolute Gasteiger partial charge is 0.497 e. The maximum Gasteiger partial charge on any atom is 0.350 e. The Kier molecular flexibility index (Phi) is 8.09. The molecule has 0 amide bonds. The second-order valence-corrected chi connectivity index (χ2v) is 9.35. The number of nitrogens with zero attached hydrogens (tertiary/aromatic N) is 1. The summed E-state index contributed by atoms with van der Waals surface area (Å²) in [4.78, 5) is 20.0. The van der Waals surface area contributed by atoms with Gasteiger partial charge in [0.05, 0.1) is 38.9 Å². The summed E-state index contributed by atoms with van der Waals surface area (Å²) in [6, 6.07) is 14.2. The van der Waals surface area contributed by atoms with Gasteiger partial charge in [0.15, 0.2) is 5.78 Å². The van der Waals surface area contributed by atoms with E-state index in [2.05, 4.69) is 0 Å². The average Bonchev–Trinajstić information content (AvgIpc) is 3.16. The molecule has 0 spiro atoms. The SMILES string of the molecule is CCOP(=O)(OCC)[C@@H]1[C@@H](C(=O)c2ccccc2OC)[C@H](c2ccc(OC)cc2)ON1C. The van der Waals surface area contributed by atoms with Crippen LogP contribution >= 0.6 is 7.60 Å². The molecule has 0 radical (unpaired) electrons. The third-order valence-electron chi connectivity index (χ3n) is 5.36. The highest BCUT2D eigenvalue weighted by Gasteiger charge is 2.56. The van der Waals surface area contributed by atoms with Crippen molar-refractivity contribution in [1.29, 1.82) is 0 Å². The van der Waals surface area contributed by atoms with E-state index in [1.807, 2.05) is 12.1 Å². The van der Waals surface area contributed by atoms with Crippen LogP contribution in [0.1, 0.15) is 35.9 Å². The van der Waals surface area contributed by atoms with Gasteiger partial charge in [-0.1, -0.05) is 24.3 Å². The summed E-state index contributed by atoms with van der Waals surface area (Å²) in [5, 5.41) is 1.43. The van der Waals surface area contributed by atoms with Crippen molar-refractivity contribution < 1.29 is 32.7 Å². The van der Waals surface area contributed by atoms with Crippen LogP contribution in [0.4, 0.5) is 0 Å². The molecule has 174 valence electrons. The normalized spacial score (nSPS) is 21.5. The van der Waals surface area contributed by atoms with E-state index in [-0.39, 0.29) is 19.0 Å². The molecule has 3 atom stereocenters. The summed E-state index contributed by atoms with van der Waals surface area (Å²) < 4.78 is 35.7. The second kappa shape index (κ2) is 10.6. The lowest BCUT2D eigenvalue weighted by atomic mass is 9.88. The molecule has 9 heteroatoms. The van der Waals surface area contributed by atoms with Crippen LogP contribution in [0.25, 0.3) is 0 Å². The predicted octanol–water partition coefficient (Wildman–Crippen LogP) is 4.71. The molecule has 2 aromatic rings. The standard InChI is InChI=1S/C23H30NO7P/c1-6-29-32(26,30-7-2)23-20(21(25)18-10-8-9-11-19(18)28-5)22(31-24(23)3)16-12-14-17(27-4)15-13-16/h8-15,20,22-23H,6-7H2,1-5H3/t20-,22-,23+/m0/s1. The lowest BCUT2D eigenvalue weighted by Gasteiger charge is -2.29. The minimum atomic E-state index is -3.74. The number of hydrogen-bond donors (Lipinski definition) is 0. The summed E-state index contributed by atoms with van der Waals surface area (Å²) in [5.41, 5.74) is 1.12. The first-order valence-electron chi connectivity index (χ1n) is 10.5. The minimum absolute atomic E-state index is 0.171. The molecule has 2 aromatic carbocycles. The van der Waals surface area contributed by atoms with E-state index in [1.54, 1.807) is 64.4 Å². The molecule has 0 aliphatic carbocycles. The fraction of sp³-hybridized carbons (Fsp3) is 0.435. The van der Waals surface area contributed by atoms with Gasteiger partial charge in [0.1, 0.15) is 23.4 Å². The molecule has 0 saturated carbocycles. The first-order chi connectivity index (χ1) is 15.4. The second-order valence-electron chi connectivity index (χ2n) is 7.22. The van der Waals surface area contributed by atoms with E-state index in [1.165, 1.54) is 12.2 Å². The highest BCUT2D eigenvalue weighted by Crippen LogP contribution is 2.62. The Morgan fingerprint density at radius 2 is 1.62 bits per heavy atom. The lowest BCUT2D eigenvalue weighted by Crippen LogP contribution is -2.35. The van der Waals surface area contributed by atoms with Gasteiger partial charge in [-0.15, -0.1) is 0 Å². The maximum absolute atomic E-state index is 13.9. The van der Waals surface area contributed by atoms with E-state index < -0.39 is 25.4 Å². The number of hydroxylamine groups is 2. The van der Waals surface area contributed by atoms with Gasteiger partial charge in [-0.3, -0.25) is 14.2 Å². The van der Waals surface area contributed by atoms with Gasteiger partial charge in [-0.05, 0) is 43.7 Å². The zero-order chi connectivity index (χ0) is 23.3. The number of rotatable bonds is 10. The molecular formula is C23H30NO7P. The number of carbonyl (C=O) groups is 1. The van der Waals surface area contributed by atoms with E-state index >= 15 is 0 Å². The van der Waals surface area contributed by atoms with Crippen LogP contribution in [0.15, 0.2) is 48.5 Å². The quantitative estimate of drug-likeness (QED) is 0.370. The van der Waals surface area contributed by atoms with Gasteiger partial charge in [-0.2, -0.15) is 5.06 Å². The van der Waals surface area contributed by atoms with Crippen molar-refractivity contribution >= 4 is 13.4 Å². The van der Waals surface area contributed by atoms with Crippen LogP contribution in [0.5, 0.6) is 11.5 Å². The number of carbonyl (C=O) groups excluding carboxylic acids is 1. The highest BCUT2D eigenvalue weighted by atomic mass is 31.2. The number of Topliss-reactive ketones (excluding diaryl/α,β-unsaturated/α-hetero) is 1.